The lowest BCUT2D eigenvalue weighted by molar-refractivity contribution is 0.0956. The maximum atomic E-state index is 12.1. The average Bonchev–Trinajstić information content (AvgIpc) is 2.48. The molecule has 0 bridgehead atoms. The van der Waals surface area contributed by atoms with E-state index in [1.165, 1.54) is 6.42 Å². The number of likely N-dealkylation sites (tertiary alicyclic amines) is 1. The van der Waals surface area contributed by atoms with Gasteiger partial charge in [-0.15, -0.1) is 0 Å². The van der Waals surface area contributed by atoms with Crippen molar-refractivity contribution in [3.63, 3.8) is 0 Å². The summed E-state index contributed by atoms with van der Waals surface area (Å²) in [6.45, 7) is 7.97. The van der Waals surface area contributed by atoms with Crippen LogP contribution in [0.4, 0.5) is 11.4 Å². The zero-order valence-electron chi connectivity index (χ0n) is 13.0. The van der Waals surface area contributed by atoms with Gasteiger partial charge in [0.15, 0.2) is 0 Å². The number of nitrogens with one attached hydrogen (secondary N) is 2. The lowest BCUT2D eigenvalue weighted by atomic mass is 10.0. The highest BCUT2D eigenvalue weighted by Gasteiger charge is 2.20. The molecular weight excluding hydrogens is 264 g/mol. The molecule has 116 valence electrons. The Morgan fingerprint density at radius 3 is 2.95 bits per heavy atom. The Balaban J connectivity index is 2.14. The van der Waals surface area contributed by atoms with Gasteiger partial charge in [-0.2, -0.15) is 0 Å². The van der Waals surface area contributed by atoms with E-state index < -0.39 is 0 Å². The van der Waals surface area contributed by atoms with Gasteiger partial charge in [-0.05, 0) is 51.1 Å². The number of benzene rings is 1. The fourth-order valence-electron chi connectivity index (χ4n) is 2.82. The first-order valence-electron chi connectivity index (χ1n) is 7.80. The molecular formula is C16H26N4O. The maximum Gasteiger partial charge on any atom is 0.253 e. The number of piperidine rings is 1. The summed E-state index contributed by atoms with van der Waals surface area (Å²) in [5.41, 5.74) is 8.06. The first-order chi connectivity index (χ1) is 10.1. The predicted molar refractivity (Wildman–Crippen MR) is 87.6 cm³/mol. The van der Waals surface area contributed by atoms with Gasteiger partial charge in [-0.3, -0.25) is 4.79 Å². The SMILES string of the molecule is CCNC(=O)c1ccc(N)cc1NC1CCCN(CC)C1. The zero-order valence-corrected chi connectivity index (χ0v) is 13.0. The number of carbonyl (C=O) groups is 1. The van der Waals surface area contributed by atoms with Crippen LogP contribution in [0.15, 0.2) is 18.2 Å². The Morgan fingerprint density at radius 1 is 1.43 bits per heavy atom. The molecule has 1 aromatic rings. The predicted octanol–water partition coefficient (Wildman–Crippen LogP) is 1.91. The second kappa shape index (κ2) is 7.31. The Bertz CT molecular complexity index is 489. The molecule has 1 fully saturated rings. The van der Waals surface area contributed by atoms with Crippen molar-refractivity contribution in [3.05, 3.63) is 23.8 Å². The molecule has 0 radical (unpaired) electrons. The molecule has 0 spiro atoms. The van der Waals surface area contributed by atoms with Crippen molar-refractivity contribution in [2.24, 2.45) is 0 Å². The standard InChI is InChI=1S/C16H26N4O/c1-3-18-16(21)14-8-7-12(17)10-15(14)19-13-6-5-9-20(4-2)11-13/h7-8,10,13,19H,3-6,9,11,17H2,1-2H3,(H,18,21). The van der Waals surface area contributed by atoms with E-state index in [1.807, 2.05) is 13.0 Å². The van der Waals surface area contributed by atoms with E-state index in [9.17, 15) is 4.79 Å². The van der Waals surface area contributed by atoms with Crippen LogP contribution in [-0.2, 0) is 0 Å². The van der Waals surface area contributed by atoms with Gasteiger partial charge < -0.3 is 21.3 Å². The number of rotatable bonds is 5. The molecule has 1 aliphatic heterocycles. The lowest BCUT2D eigenvalue weighted by Crippen LogP contribution is -2.42. The van der Waals surface area contributed by atoms with Crippen molar-refractivity contribution in [1.82, 2.24) is 10.2 Å². The van der Waals surface area contributed by atoms with Gasteiger partial charge in [0.05, 0.1) is 5.56 Å². The van der Waals surface area contributed by atoms with Gasteiger partial charge >= 0.3 is 0 Å². The summed E-state index contributed by atoms with van der Waals surface area (Å²) in [4.78, 5) is 14.6. The van der Waals surface area contributed by atoms with E-state index in [0.717, 1.165) is 31.7 Å². The summed E-state index contributed by atoms with van der Waals surface area (Å²) >= 11 is 0. The highest BCUT2D eigenvalue weighted by molar-refractivity contribution is 6.00. The zero-order chi connectivity index (χ0) is 15.2. The minimum absolute atomic E-state index is 0.0526. The van der Waals surface area contributed by atoms with Crippen LogP contribution in [-0.4, -0.2) is 43.0 Å². The number of amides is 1. The van der Waals surface area contributed by atoms with Crippen molar-refractivity contribution in [1.29, 1.82) is 0 Å². The molecule has 1 saturated heterocycles. The molecule has 0 saturated carbocycles. The molecule has 2 rings (SSSR count). The molecule has 4 N–H and O–H groups in total. The summed E-state index contributed by atoms with van der Waals surface area (Å²) in [5.74, 6) is -0.0526. The Morgan fingerprint density at radius 2 is 2.24 bits per heavy atom. The van der Waals surface area contributed by atoms with Gasteiger partial charge in [0, 0.05) is 30.5 Å². The fourth-order valence-corrected chi connectivity index (χ4v) is 2.82. The van der Waals surface area contributed by atoms with E-state index in [1.54, 1.807) is 12.1 Å². The van der Waals surface area contributed by atoms with E-state index >= 15 is 0 Å². The van der Waals surface area contributed by atoms with Crippen LogP contribution in [0.25, 0.3) is 0 Å². The van der Waals surface area contributed by atoms with Crippen molar-refractivity contribution >= 4 is 17.3 Å². The third kappa shape index (κ3) is 4.11. The lowest BCUT2D eigenvalue weighted by Gasteiger charge is -2.33. The molecule has 5 heteroatoms. The third-order valence-electron chi connectivity index (χ3n) is 3.94. The summed E-state index contributed by atoms with van der Waals surface area (Å²) < 4.78 is 0. The number of carbonyl (C=O) groups excluding carboxylic acids is 1. The highest BCUT2D eigenvalue weighted by atomic mass is 16.1. The molecule has 1 heterocycles. The van der Waals surface area contributed by atoms with Gasteiger partial charge in [0.25, 0.3) is 5.91 Å². The largest absolute Gasteiger partial charge is 0.399 e. The van der Waals surface area contributed by atoms with Crippen molar-refractivity contribution < 1.29 is 4.79 Å². The third-order valence-corrected chi connectivity index (χ3v) is 3.94. The topological polar surface area (TPSA) is 70.4 Å². The smallest absolute Gasteiger partial charge is 0.253 e. The number of nitrogen functional groups attached to an aromatic ring is 1. The fraction of sp³-hybridized carbons (Fsp3) is 0.562. The summed E-state index contributed by atoms with van der Waals surface area (Å²) in [5, 5.41) is 6.36. The van der Waals surface area contributed by atoms with Crippen LogP contribution >= 0.6 is 0 Å². The van der Waals surface area contributed by atoms with Crippen LogP contribution in [0.2, 0.25) is 0 Å². The van der Waals surface area contributed by atoms with E-state index in [4.69, 9.17) is 5.73 Å². The molecule has 1 atom stereocenters. The number of nitrogens with zero attached hydrogens (tertiary/aromatic N) is 1. The molecule has 21 heavy (non-hydrogen) atoms. The van der Waals surface area contributed by atoms with E-state index in [-0.39, 0.29) is 5.91 Å². The van der Waals surface area contributed by atoms with Gasteiger partial charge in [0.2, 0.25) is 0 Å². The molecule has 1 unspecified atom stereocenters. The molecule has 0 aromatic heterocycles. The minimum Gasteiger partial charge on any atom is -0.399 e. The van der Waals surface area contributed by atoms with Gasteiger partial charge in [-0.25, -0.2) is 0 Å². The molecule has 5 nitrogen and oxygen atoms in total. The summed E-state index contributed by atoms with van der Waals surface area (Å²) in [7, 11) is 0. The van der Waals surface area contributed by atoms with Crippen molar-refractivity contribution in [3.8, 4) is 0 Å². The summed E-state index contributed by atoms with van der Waals surface area (Å²) in [6.07, 6.45) is 2.31. The van der Waals surface area contributed by atoms with Crippen LogP contribution < -0.4 is 16.4 Å². The minimum atomic E-state index is -0.0526. The number of anilines is 2. The van der Waals surface area contributed by atoms with Crippen molar-refractivity contribution in [2.75, 3.05) is 37.2 Å². The number of hydrogen-bond acceptors (Lipinski definition) is 4. The monoisotopic (exact) mass is 290 g/mol. The normalized spacial score (nSPS) is 19.2. The maximum absolute atomic E-state index is 12.1. The van der Waals surface area contributed by atoms with Crippen LogP contribution in [0.5, 0.6) is 0 Å². The Hall–Kier alpha value is -1.75. The van der Waals surface area contributed by atoms with Crippen LogP contribution in [0, 0.1) is 0 Å². The second-order valence-electron chi connectivity index (χ2n) is 5.54. The first-order valence-corrected chi connectivity index (χ1v) is 7.80. The van der Waals surface area contributed by atoms with E-state index in [2.05, 4.69) is 22.5 Å². The number of likely N-dealkylation sites (N-methyl/N-ethyl adjacent to an activating group) is 1. The number of hydrogen-bond donors (Lipinski definition) is 3. The van der Waals surface area contributed by atoms with E-state index in [0.29, 0.717) is 23.8 Å². The summed E-state index contributed by atoms with van der Waals surface area (Å²) in [6, 6.07) is 5.79. The molecule has 1 amide bonds. The Labute approximate surface area is 126 Å². The molecule has 0 aliphatic carbocycles. The quantitative estimate of drug-likeness (QED) is 0.725. The molecule has 1 aliphatic rings. The van der Waals surface area contributed by atoms with Crippen molar-refractivity contribution in [2.45, 2.75) is 32.7 Å². The van der Waals surface area contributed by atoms with Crippen LogP contribution in [0.1, 0.15) is 37.0 Å². The van der Waals surface area contributed by atoms with Crippen LogP contribution in [0.3, 0.4) is 0 Å². The first kappa shape index (κ1) is 15.6. The average molecular weight is 290 g/mol. The second-order valence-corrected chi connectivity index (χ2v) is 5.54. The number of nitrogens with two attached hydrogens (primary N) is 1. The van der Waals surface area contributed by atoms with Gasteiger partial charge in [-0.1, -0.05) is 6.92 Å². The van der Waals surface area contributed by atoms with Gasteiger partial charge in [0.1, 0.15) is 0 Å². The highest BCUT2D eigenvalue weighted by Crippen LogP contribution is 2.22. The Kier molecular flexibility index (Phi) is 5.44. The molecule has 1 aromatic carbocycles.